The third-order valence-electron chi connectivity index (χ3n) is 2.90. The summed E-state index contributed by atoms with van der Waals surface area (Å²) in [5, 5.41) is 5.65. The Balaban J connectivity index is 1.80. The smallest absolute Gasteiger partial charge is 0.355 e. The number of imide groups is 1. The number of amides is 3. The Bertz CT molecular complexity index is 661. The number of aromatic nitrogens is 1. The molecule has 0 aromatic carbocycles. The quantitative estimate of drug-likeness (QED) is 0.698. The highest BCUT2D eigenvalue weighted by Crippen LogP contribution is 2.02. The molecule has 2 rings (SSSR count). The first-order valence-corrected chi connectivity index (χ1v) is 6.45. The molecule has 0 saturated heterocycles. The lowest BCUT2D eigenvalue weighted by molar-refractivity contribution is -0.142. The van der Waals surface area contributed by atoms with E-state index in [1.54, 1.807) is 29.9 Å². The maximum Gasteiger partial charge on any atom is 0.355 e. The second-order valence-electron chi connectivity index (χ2n) is 4.55. The molecule has 3 amide bonds. The molecule has 0 spiro atoms. The van der Waals surface area contributed by atoms with Gasteiger partial charge in [0.15, 0.2) is 6.61 Å². The molecule has 22 heavy (non-hydrogen) atoms. The second kappa shape index (κ2) is 6.66. The monoisotopic (exact) mass is 306 g/mol. The Morgan fingerprint density at radius 1 is 1.41 bits per heavy atom. The Morgan fingerprint density at radius 2 is 2.18 bits per heavy atom. The Morgan fingerprint density at radius 3 is 2.77 bits per heavy atom. The predicted molar refractivity (Wildman–Crippen MR) is 73.7 cm³/mol. The van der Waals surface area contributed by atoms with Crippen molar-refractivity contribution >= 4 is 29.4 Å². The van der Waals surface area contributed by atoms with Gasteiger partial charge in [-0.25, -0.2) is 10.2 Å². The van der Waals surface area contributed by atoms with Gasteiger partial charge in [-0.1, -0.05) is 0 Å². The summed E-state index contributed by atoms with van der Waals surface area (Å²) in [7, 11) is 1.66. The summed E-state index contributed by atoms with van der Waals surface area (Å²) >= 11 is 0. The lowest BCUT2D eigenvalue weighted by Crippen LogP contribution is -2.37. The fourth-order valence-electron chi connectivity index (χ4n) is 1.76. The lowest BCUT2D eigenvalue weighted by atomic mass is 10.2. The highest BCUT2D eigenvalue weighted by atomic mass is 16.5. The van der Waals surface area contributed by atoms with Crippen LogP contribution in [0.5, 0.6) is 0 Å². The fourth-order valence-corrected chi connectivity index (χ4v) is 1.76. The molecule has 0 saturated carbocycles. The van der Waals surface area contributed by atoms with Gasteiger partial charge in [-0.2, -0.15) is 5.10 Å². The molecule has 0 unspecified atom stereocenters. The van der Waals surface area contributed by atoms with Gasteiger partial charge in [-0.05, 0) is 12.1 Å². The van der Waals surface area contributed by atoms with Gasteiger partial charge < -0.3 is 9.30 Å². The summed E-state index contributed by atoms with van der Waals surface area (Å²) in [5.41, 5.74) is 2.48. The van der Waals surface area contributed by atoms with E-state index in [0.717, 1.165) is 0 Å². The zero-order valence-corrected chi connectivity index (χ0v) is 11.8. The van der Waals surface area contributed by atoms with E-state index < -0.39 is 24.4 Å². The minimum absolute atomic E-state index is 0.0289. The third kappa shape index (κ3) is 3.78. The number of nitrogens with zero attached hydrogens (tertiary/aromatic N) is 2. The number of ether oxygens (including phenoxy) is 1. The first-order valence-electron chi connectivity index (χ1n) is 6.45. The van der Waals surface area contributed by atoms with Crippen LogP contribution in [0.15, 0.2) is 23.4 Å². The topological polar surface area (TPSA) is 119 Å². The fraction of sp³-hybridized carbons (Fsp3) is 0.308. The zero-order chi connectivity index (χ0) is 16.1. The summed E-state index contributed by atoms with van der Waals surface area (Å²) in [6, 6.07) is 3.21. The van der Waals surface area contributed by atoms with E-state index in [-0.39, 0.29) is 24.5 Å². The van der Waals surface area contributed by atoms with Gasteiger partial charge in [0.2, 0.25) is 5.91 Å². The van der Waals surface area contributed by atoms with E-state index in [1.165, 1.54) is 0 Å². The number of hydrogen-bond acceptors (Lipinski definition) is 6. The van der Waals surface area contributed by atoms with Crippen molar-refractivity contribution in [2.45, 2.75) is 12.8 Å². The van der Waals surface area contributed by atoms with E-state index in [2.05, 4.69) is 15.8 Å². The molecule has 1 aromatic rings. The zero-order valence-electron chi connectivity index (χ0n) is 11.8. The summed E-state index contributed by atoms with van der Waals surface area (Å²) in [6.07, 6.45) is 1.94. The van der Waals surface area contributed by atoms with E-state index in [4.69, 9.17) is 4.74 Å². The molecule has 0 radical (unpaired) electrons. The highest BCUT2D eigenvalue weighted by molar-refractivity contribution is 6.37. The van der Waals surface area contributed by atoms with Gasteiger partial charge in [-0.3, -0.25) is 19.7 Å². The Labute approximate surface area is 125 Å². The molecule has 0 bridgehead atoms. The van der Waals surface area contributed by atoms with Gasteiger partial charge in [0.1, 0.15) is 11.4 Å². The first kappa shape index (κ1) is 15.4. The summed E-state index contributed by atoms with van der Waals surface area (Å²) in [4.78, 5) is 45.8. The number of aryl methyl sites for hydroxylation is 1. The van der Waals surface area contributed by atoms with Crippen molar-refractivity contribution in [1.82, 2.24) is 15.3 Å². The molecule has 2 N–H and O–H groups in total. The van der Waals surface area contributed by atoms with Crippen LogP contribution >= 0.6 is 0 Å². The van der Waals surface area contributed by atoms with Crippen LogP contribution in [0.1, 0.15) is 23.3 Å². The first-order chi connectivity index (χ1) is 10.5. The standard InChI is InChI=1S/C13H14N4O5/c1-17-6-2-3-9(17)12(20)14-11(19)7-22-13(21)8-4-5-10(18)16-15-8/h2-3,6H,4-5,7H2,1H3,(H,16,18)(H,14,19,20). The molecule has 0 atom stereocenters. The van der Waals surface area contributed by atoms with Gasteiger partial charge in [0, 0.05) is 26.1 Å². The molecule has 9 nitrogen and oxygen atoms in total. The van der Waals surface area contributed by atoms with Crippen molar-refractivity contribution in [3.63, 3.8) is 0 Å². The number of rotatable bonds is 4. The van der Waals surface area contributed by atoms with Gasteiger partial charge >= 0.3 is 5.97 Å². The SMILES string of the molecule is Cn1cccc1C(=O)NC(=O)COC(=O)C1=NNC(=O)CC1. The lowest BCUT2D eigenvalue weighted by Gasteiger charge is -2.11. The van der Waals surface area contributed by atoms with Gasteiger partial charge in [0.05, 0.1) is 0 Å². The molecule has 0 fully saturated rings. The highest BCUT2D eigenvalue weighted by Gasteiger charge is 2.21. The van der Waals surface area contributed by atoms with Crippen LogP contribution in [0.3, 0.4) is 0 Å². The number of carbonyl (C=O) groups is 4. The maximum atomic E-state index is 11.8. The minimum Gasteiger partial charge on any atom is -0.451 e. The largest absolute Gasteiger partial charge is 0.451 e. The van der Waals surface area contributed by atoms with E-state index in [1.807, 2.05) is 0 Å². The normalized spacial score (nSPS) is 13.9. The van der Waals surface area contributed by atoms with Crippen molar-refractivity contribution in [2.24, 2.45) is 12.1 Å². The molecule has 0 aliphatic carbocycles. The second-order valence-corrected chi connectivity index (χ2v) is 4.55. The van der Waals surface area contributed by atoms with Crippen molar-refractivity contribution in [2.75, 3.05) is 6.61 Å². The van der Waals surface area contributed by atoms with Crippen LogP contribution < -0.4 is 10.7 Å². The number of hydrazone groups is 1. The van der Waals surface area contributed by atoms with Crippen LogP contribution in [0, 0.1) is 0 Å². The van der Waals surface area contributed by atoms with Crippen molar-refractivity contribution in [3.8, 4) is 0 Å². The molecule has 1 aromatic heterocycles. The molecule has 2 heterocycles. The van der Waals surface area contributed by atoms with Crippen molar-refractivity contribution < 1.29 is 23.9 Å². The predicted octanol–water partition coefficient (Wildman–Crippen LogP) is -0.909. The van der Waals surface area contributed by atoms with E-state index in [9.17, 15) is 19.2 Å². The molecule has 1 aliphatic heterocycles. The van der Waals surface area contributed by atoms with Crippen LogP contribution in [-0.2, 0) is 26.2 Å². The van der Waals surface area contributed by atoms with Crippen LogP contribution in [0.25, 0.3) is 0 Å². The summed E-state index contributed by atoms with van der Waals surface area (Å²) in [5.74, 6) is -2.43. The van der Waals surface area contributed by atoms with Crippen molar-refractivity contribution in [3.05, 3.63) is 24.0 Å². The van der Waals surface area contributed by atoms with Crippen LogP contribution in [-0.4, -0.2) is 40.6 Å². The molecule has 1 aliphatic rings. The molecular weight excluding hydrogens is 292 g/mol. The Kier molecular flexibility index (Phi) is 4.66. The summed E-state index contributed by atoms with van der Waals surface area (Å²) < 4.78 is 6.28. The van der Waals surface area contributed by atoms with Crippen LogP contribution in [0.2, 0.25) is 0 Å². The van der Waals surface area contributed by atoms with Gasteiger partial charge in [-0.15, -0.1) is 0 Å². The number of hydrogen-bond donors (Lipinski definition) is 2. The number of nitrogens with one attached hydrogen (secondary N) is 2. The number of esters is 1. The van der Waals surface area contributed by atoms with Crippen LogP contribution in [0.4, 0.5) is 0 Å². The maximum absolute atomic E-state index is 11.8. The average Bonchev–Trinajstić information content (AvgIpc) is 2.91. The van der Waals surface area contributed by atoms with Crippen molar-refractivity contribution in [1.29, 1.82) is 0 Å². The molecular formula is C13H14N4O5. The Hall–Kier alpha value is -2.97. The average molecular weight is 306 g/mol. The minimum atomic E-state index is -0.804. The van der Waals surface area contributed by atoms with E-state index >= 15 is 0 Å². The molecule has 116 valence electrons. The third-order valence-corrected chi connectivity index (χ3v) is 2.90. The van der Waals surface area contributed by atoms with E-state index in [0.29, 0.717) is 5.69 Å². The molecule has 9 heteroatoms. The number of carbonyl (C=O) groups excluding carboxylic acids is 4. The summed E-state index contributed by atoms with van der Waals surface area (Å²) in [6.45, 7) is -0.609. The van der Waals surface area contributed by atoms with Gasteiger partial charge in [0.25, 0.3) is 11.8 Å².